The minimum absolute atomic E-state index is 0.171. The second kappa shape index (κ2) is 8.11. The number of amides is 3. The molecule has 3 amide bonds. The smallest absolute Gasteiger partial charge is 0.325 e. The van der Waals surface area contributed by atoms with Crippen molar-refractivity contribution in [3.8, 4) is 0 Å². The van der Waals surface area contributed by atoms with Crippen molar-refractivity contribution in [2.75, 3.05) is 10.6 Å². The average molecular weight is 358 g/mol. The van der Waals surface area contributed by atoms with Gasteiger partial charge in [0.25, 0.3) is 5.91 Å². The van der Waals surface area contributed by atoms with Crippen LogP contribution in [0.5, 0.6) is 0 Å². The summed E-state index contributed by atoms with van der Waals surface area (Å²) in [5.41, 5.74) is 2.12. The van der Waals surface area contributed by atoms with Crippen molar-refractivity contribution in [1.29, 1.82) is 0 Å². The van der Waals surface area contributed by atoms with Crippen LogP contribution >= 0.6 is 11.3 Å². The first-order valence-corrected chi connectivity index (χ1v) is 9.39. The maximum atomic E-state index is 12.2. The Labute approximate surface area is 151 Å². The molecule has 7 heteroatoms. The van der Waals surface area contributed by atoms with Crippen molar-refractivity contribution >= 4 is 34.1 Å². The lowest BCUT2D eigenvalue weighted by molar-refractivity contribution is 0.0923. The summed E-state index contributed by atoms with van der Waals surface area (Å²) in [5.74, 6) is -0.171. The molecule has 0 radical (unpaired) electrons. The number of hydrogen-bond donors (Lipinski definition) is 3. The Balaban J connectivity index is 1.53. The van der Waals surface area contributed by atoms with E-state index in [4.69, 9.17) is 0 Å². The van der Waals surface area contributed by atoms with Crippen molar-refractivity contribution in [1.82, 2.24) is 10.3 Å². The molecule has 3 rings (SSSR count). The number of carbonyl (C=O) groups excluding carboxylic acids is 2. The van der Waals surface area contributed by atoms with Crippen molar-refractivity contribution in [3.63, 3.8) is 0 Å². The van der Waals surface area contributed by atoms with Gasteiger partial charge in [-0.05, 0) is 37.5 Å². The van der Waals surface area contributed by atoms with Crippen LogP contribution in [0.4, 0.5) is 15.6 Å². The van der Waals surface area contributed by atoms with E-state index in [0.29, 0.717) is 16.5 Å². The summed E-state index contributed by atoms with van der Waals surface area (Å²) in [7, 11) is 0. The summed E-state index contributed by atoms with van der Waals surface area (Å²) in [4.78, 5) is 28.5. The maximum Gasteiger partial charge on any atom is 0.325 e. The number of urea groups is 1. The fourth-order valence-corrected chi connectivity index (χ4v) is 3.61. The molecular formula is C18H22N4O2S. The molecule has 1 aromatic heterocycles. The van der Waals surface area contributed by atoms with Crippen LogP contribution in [0.15, 0.2) is 29.6 Å². The molecule has 1 aromatic carbocycles. The third-order valence-electron chi connectivity index (χ3n) is 4.17. The number of anilines is 2. The number of nitrogens with one attached hydrogen (secondary N) is 3. The molecule has 0 aliphatic heterocycles. The lowest BCUT2D eigenvalue weighted by atomic mass is 9.95. The molecule has 0 unspecified atom stereocenters. The van der Waals surface area contributed by atoms with Crippen LogP contribution in [0.25, 0.3) is 0 Å². The van der Waals surface area contributed by atoms with E-state index in [0.717, 1.165) is 31.2 Å². The Kier molecular flexibility index (Phi) is 5.65. The molecule has 25 heavy (non-hydrogen) atoms. The Morgan fingerprint density at radius 1 is 1.16 bits per heavy atom. The molecule has 0 saturated heterocycles. The van der Waals surface area contributed by atoms with Gasteiger partial charge >= 0.3 is 6.03 Å². The second-order valence-corrected chi connectivity index (χ2v) is 7.15. The molecule has 2 aromatic rings. The van der Waals surface area contributed by atoms with Gasteiger partial charge in [0.2, 0.25) is 0 Å². The van der Waals surface area contributed by atoms with Gasteiger partial charge < -0.3 is 10.6 Å². The van der Waals surface area contributed by atoms with Gasteiger partial charge in [0.05, 0.1) is 0 Å². The average Bonchev–Trinajstić information content (AvgIpc) is 3.04. The van der Waals surface area contributed by atoms with Crippen molar-refractivity contribution < 1.29 is 9.59 Å². The summed E-state index contributed by atoms with van der Waals surface area (Å²) >= 11 is 1.24. The number of aryl methyl sites for hydroxylation is 1. The molecule has 0 atom stereocenters. The number of hydrogen-bond acceptors (Lipinski definition) is 4. The first kappa shape index (κ1) is 17.4. The third-order valence-corrected chi connectivity index (χ3v) is 4.93. The van der Waals surface area contributed by atoms with Gasteiger partial charge in [-0.15, -0.1) is 11.3 Å². The summed E-state index contributed by atoms with van der Waals surface area (Å²) in [5, 5.41) is 10.5. The molecule has 1 aliphatic rings. The topological polar surface area (TPSA) is 83.1 Å². The SMILES string of the molecule is Cc1cccc(NC(=O)Nc2nc(C(=O)NC3CCCCC3)cs2)c1. The number of carbonyl (C=O) groups is 2. The van der Waals surface area contributed by atoms with Gasteiger partial charge in [-0.3, -0.25) is 10.1 Å². The number of benzene rings is 1. The predicted octanol–water partition coefficient (Wildman–Crippen LogP) is 4.16. The van der Waals surface area contributed by atoms with Crippen LogP contribution in [-0.2, 0) is 0 Å². The normalized spacial score (nSPS) is 14.8. The zero-order valence-corrected chi connectivity index (χ0v) is 15.0. The minimum atomic E-state index is -0.376. The third kappa shape index (κ3) is 5.03. The van der Waals surface area contributed by atoms with E-state index in [9.17, 15) is 9.59 Å². The van der Waals surface area contributed by atoms with Gasteiger partial charge in [0, 0.05) is 17.1 Å². The van der Waals surface area contributed by atoms with E-state index in [1.165, 1.54) is 17.8 Å². The van der Waals surface area contributed by atoms with E-state index >= 15 is 0 Å². The van der Waals surface area contributed by atoms with Gasteiger partial charge in [-0.2, -0.15) is 0 Å². The first-order chi connectivity index (χ1) is 12.1. The summed E-state index contributed by atoms with van der Waals surface area (Å²) in [6, 6.07) is 7.40. The Hall–Kier alpha value is -2.41. The van der Waals surface area contributed by atoms with Crippen LogP contribution in [-0.4, -0.2) is 23.0 Å². The Bertz CT molecular complexity index is 753. The number of thiazole rings is 1. The highest BCUT2D eigenvalue weighted by Crippen LogP contribution is 2.20. The second-order valence-electron chi connectivity index (χ2n) is 6.29. The molecule has 1 saturated carbocycles. The van der Waals surface area contributed by atoms with E-state index in [1.54, 1.807) is 5.38 Å². The lowest BCUT2D eigenvalue weighted by Crippen LogP contribution is -2.36. The fraction of sp³-hybridized carbons (Fsp3) is 0.389. The monoisotopic (exact) mass is 358 g/mol. The van der Waals surface area contributed by atoms with Crippen LogP contribution in [0.1, 0.15) is 48.2 Å². The Morgan fingerprint density at radius 3 is 2.72 bits per heavy atom. The maximum absolute atomic E-state index is 12.2. The van der Waals surface area contributed by atoms with Gasteiger partial charge in [-0.25, -0.2) is 9.78 Å². The van der Waals surface area contributed by atoms with E-state index in [1.807, 2.05) is 31.2 Å². The molecule has 1 fully saturated rings. The van der Waals surface area contributed by atoms with Crippen LogP contribution in [0.3, 0.4) is 0 Å². The molecule has 6 nitrogen and oxygen atoms in total. The number of rotatable bonds is 4. The van der Waals surface area contributed by atoms with Crippen LogP contribution in [0.2, 0.25) is 0 Å². The van der Waals surface area contributed by atoms with Crippen molar-refractivity contribution in [3.05, 3.63) is 40.9 Å². The minimum Gasteiger partial charge on any atom is -0.348 e. The fourth-order valence-electron chi connectivity index (χ4n) is 2.92. The van der Waals surface area contributed by atoms with Crippen molar-refractivity contribution in [2.24, 2.45) is 0 Å². The van der Waals surface area contributed by atoms with Gasteiger partial charge in [0.1, 0.15) is 5.69 Å². The predicted molar refractivity (Wildman–Crippen MR) is 100 cm³/mol. The molecule has 0 bridgehead atoms. The Morgan fingerprint density at radius 2 is 1.96 bits per heavy atom. The first-order valence-electron chi connectivity index (χ1n) is 8.51. The molecule has 0 spiro atoms. The lowest BCUT2D eigenvalue weighted by Gasteiger charge is -2.22. The summed E-state index contributed by atoms with van der Waals surface area (Å²) in [6.07, 6.45) is 5.62. The molecule has 1 heterocycles. The zero-order valence-electron chi connectivity index (χ0n) is 14.2. The van der Waals surface area contributed by atoms with Crippen molar-refractivity contribution in [2.45, 2.75) is 45.1 Å². The largest absolute Gasteiger partial charge is 0.348 e. The van der Waals surface area contributed by atoms with Crippen LogP contribution < -0.4 is 16.0 Å². The molecular weight excluding hydrogens is 336 g/mol. The summed E-state index contributed by atoms with van der Waals surface area (Å²) in [6.45, 7) is 1.96. The van der Waals surface area contributed by atoms with E-state index in [2.05, 4.69) is 20.9 Å². The standard InChI is InChI=1S/C18H22N4O2S/c1-12-6-5-9-14(10-12)20-17(24)22-18-21-15(11-25-18)16(23)19-13-7-3-2-4-8-13/h5-6,9-11,13H,2-4,7-8H2,1H3,(H,19,23)(H2,20,21,22,24). The highest BCUT2D eigenvalue weighted by Gasteiger charge is 2.18. The van der Waals surface area contributed by atoms with E-state index < -0.39 is 0 Å². The quantitative estimate of drug-likeness (QED) is 0.767. The highest BCUT2D eigenvalue weighted by molar-refractivity contribution is 7.14. The highest BCUT2D eigenvalue weighted by atomic mass is 32.1. The van der Waals surface area contributed by atoms with Gasteiger partial charge in [0.15, 0.2) is 5.13 Å². The zero-order chi connectivity index (χ0) is 17.6. The summed E-state index contributed by atoms with van der Waals surface area (Å²) < 4.78 is 0. The molecule has 1 aliphatic carbocycles. The van der Waals surface area contributed by atoms with Gasteiger partial charge in [-0.1, -0.05) is 31.4 Å². The van der Waals surface area contributed by atoms with Crippen LogP contribution in [0, 0.1) is 6.92 Å². The number of aromatic nitrogens is 1. The molecule has 3 N–H and O–H groups in total. The molecule has 132 valence electrons. The van der Waals surface area contributed by atoms with E-state index in [-0.39, 0.29) is 18.0 Å². The number of nitrogens with zero attached hydrogens (tertiary/aromatic N) is 1.